The Kier molecular flexibility index (Phi) is 6.32. The van der Waals surface area contributed by atoms with Gasteiger partial charge in [0.2, 0.25) is 11.8 Å². The predicted octanol–water partition coefficient (Wildman–Crippen LogP) is 2.18. The lowest BCUT2D eigenvalue weighted by atomic mass is 10.1. The highest BCUT2D eigenvalue weighted by Gasteiger charge is 2.29. The number of aromatic nitrogens is 2. The van der Waals surface area contributed by atoms with Crippen LogP contribution in [0.1, 0.15) is 30.4 Å². The van der Waals surface area contributed by atoms with Gasteiger partial charge in [0, 0.05) is 25.2 Å². The molecular weight excluding hydrogens is 406 g/mol. The zero-order valence-corrected chi connectivity index (χ0v) is 18.1. The molecule has 3 aromatic rings. The molecule has 0 aliphatic carbocycles. The van der Waals surface area contributed by atoms with Gasteiger partial charge in [-0.2, -0.15) is 0 Å². The Morgan fingerprint density at radius 3 is 2.81 bits per heavy atom. The number of likely N-dealkylation sites (tertiary alicyclic amines) is 1. The Morgan fingerprint density at radius 1 is 1.19 bits per heavy atom. The van der Waals surface area contributed by atoms with E-state index in [0.717, 1.165) is 30.5 Å². The Labute approximate surface area is 186 Å². The van der Waals surface area contributed by atoms with Gasteiger partial charge in [-0.3, -0.25) is 23.9 Å². The van der Waals surface area contributed by atoms with Crippen LogP contribution in [0.15, 0.2) is 53.6 Å². The van der Waals surface area contributed by atoms with Crippen molar-refractivity contribution in [1.82, 2.24) is 14.5 Å². The number of carbonyl (C=O) groups excluding carboxylic acids is 2. The summed E-state index contributed by atoms with van der Waals surface area (Å²) in [5.74, 6) is -0.504. The summed E-state index contributed by atoms with van der Waals surface area (Å²) in [6.45, 7) is 3.49. The van der Waals surface area contributed by atoms with Crippen LogP contribution in [0.25, 0.3) is 10.9 Å². The van der Waals surface area contributed by atoms with Crippen molar-refractivity contribution in [2.75, 3.05) is 11.9 Å². The fourth-order valence-corrected chi connectivity index (χ4v) is 4.27. The van der Waals surface area contributed by atoms with E-state index in [1.807, 2.05) is 43.3 Å². The minimum Gasteiger partial charge on any atom is -0.368 e. The Morgan fingerprint density at radius 2 is 2.00 bits per heavy atom. The van der Waals surface area contributed by atoms with E-state index < -0.39 is 0 Å². The zero-order valence-electron chi connectivity index (χ0n) is 18.1. The Bertz CT molecular complexity index is 1220. The zero-order chi connectivity index (χ0) is 22.7. The van der Waals surface area contributed by atoms with E-state index in [1.165, 1.54) is 10.9 Å². The summed E-state index contributed by atoms with van der Waals surface area (Å²) < 4.78 is 1.47. The molecule has 4 rings (SSSR count). The van der Waals surface area contributed by atoms with E-state index in [1.54, 1.807) is 6.07 Å². The lowest BCUT2D eigenvalue weighted by Crippen LogP contribution is -2.39. The highest BCUT2D eigenvalue weighted by atomic mass is 16.2. The maximum atomic E-state index is 12.7. The van der Waals surface area contributed by atoms with Gasteiger partial charge in [0.1, 0.15) is 0 Å². The van der Waals surface area contributed by atoms with Crippen LogP contribution < -0.4 is 16.6 Å². The molecule has 1 aliphatic rings. The summed E-state index contributed by atoms with van der Waals surface area (Å²) in [7, 11) is 0. The third-order valence-electron chi connectivity index (χ3n) is 5.99. The van der Waals surface area contributed by atoms with Gasteiger partial charge in [0.15, 0.2) is 0 Å². The summed E-state index contributed by atoms with van der Waals surface area (Å²) >= 11 is 0. The van der Waals surface area contributed by atoms with Gasteiger partial charge in [-0.05, 0) is 49.6 Å². The minimum absolute atomic E-state index is 0.140. The van der Waals surface area contributed by atoms with Gasteiger partial charge in [0.25, 0.3) is 5.56 Å². The molecule has 1 atom stereocenters. The normalized spacial score (nSPS) is 16.3. The second kappa shape index (κ2) is 9.32. The van der Waals surface area contributed by atoms with E-state index in [2.05, 4.69) is 15.2 Å². The van der Waals surface area contributed by atoms with Crippen LogP contribution in [0, 0.1) is 6.92 Å². The summed E-state index contributed by atoms with van der Waals surface area (Å²) in [5, 5.41) is 3.50. The average molecular weight is 434 g/mol. The van der Waals surface area contributed by atoms with E-state index in [-0.39, 0.29) is 36.4 Å². The van der Waals surface area contributed by atoms with Crippen molar-refractivity contribution >= 4 is 28.4 Å². The maximum Gasteiger partial charge on any atom is 0.261 e. The molecule has 1 saturated heterocycles. The largest absolute Gasteiger partial charge is 0.368 e. The number of hydrogen-bond acceptors (Lipinski definition) is 5. The molecule has 1 aliphatic heterocycles. The van der Waals surface area contributed by atoms with Crippen molar-refractivity contribution in [2.24, 2.45) is 5.73 Å². The summed E-state index contributed by atoms with van der Waals surface area (Å²) in [4.78, 5) is 43.5. The summed E-state index contributed by atoms with van der Waals surface area (Å²) in [5.41, 5.74) is 8.62. The highest BCUT2D eigenvalue weighted by Crippen LogP contribution is 2.24. The number of anilines is 1. The molecule has 0 spiro atoms. The molecular formula is C24H27N5O3. The molecule has 166 valence electrons. The number of carbonyl (C=O) groups is 2. The first-order chi connectivity index (χ1) is 15.4. The SMILES string of the molecule is Cc1cccc2c(=O)n(CCC(=O)Nc3ccccc3CN3CCC[C@@H]3C(N)=O)cnc12. The van der Waals surface area contributed by atoms with E-state index in [9.17, 15) is 14.4 Å². The maximum absolute atomic E-state index is 12.7. The van der Waals surface area contributed by atoms with Crippen molar-refractivity contribution in [3.63, 3.8) is 0 Å². The molecule has 0 bridgehead atoms. The molecule has 0 unspecified atom stereocenters. The molecule has 8 heteroatoms. The number of nitrogens with two attached hydrogens (primary N) is 1. The summed E-state index contributed by atoms with van der Waals surface area (Å²) in [6, 6.07) is 12.8. The fourth-order valence-electron chi connectivity index (χ4n) is 4.27. The fraction of sp³-hybridized carbons (Fsp3) is 0.333. The number of primary amides is 1. The van der Waals surface area contributed by atoms with Crippen LogP contribution >= 0.6 is 0 Å². The topological polar surface area (TPSA) is 110 Å². The smallest absolute Gasteiger partial charge is 0.261 e. The molecule has 8 nitrogen and oxygen atoms in total. The van der Waals surface area contributed by atoms with Gasteiger partial charge in [-0.25, -0.2) is 4.98 Å². The first kappa shape index (κ1) is 21.7. The van der Waals surface area contributed by atoms with Crippen molar-refractivity contribution in [3.05, 3.63) is 70.3 Å². The van der Waals surface area contributed by atoms with E-state index >= 15 is 0 Å². The van der Waals surface area contributed by atoms with Crippen molar-refractivity contribution in [3.8, 4) is 0 Å². The lowest BCUT2D eigenvalue weighted by molar-refractivity contribution is -0.122. The van der Waals surface area contributed by atoms with Gasteiger partial charge < -0.3 is 11.1 Å². The molecule has 32 heavy (non-hydrogen) atoms. The highest BCUT2D eigenvalue weighted by molar-refractivity contribution is 5.91. The molecule has 2 aromatic carbocycles. The quantitative estimate of drug-likeness (QED) is 0.593. The molecule has 2 heterocycles. The molecule has 1 fully saturated rings. The minimum atomic E-state index is -0.311. The van der Waals surface area contributed by atoms with Gasteiger partial charge in [0.05, 0.1) is 23.3 Å². The second-order valence-corrected chi connectivity index (χ2v) is 8.20. The second-order valence-electron chi connectivity index (χ2n) is 8.20. The number of aryl methyl sites for hydroxylation is 2. The number of rotatable bonds is 7. The molecule has 2 amide bonds. The third kappa shape index (κ3) is 4.55. The third-order valence-corrected chi connectivity index (χ3v) is 5.99. The number of fused-ring (bicyclic) bond motifs is 1. The molecule has 3 N–H and O–H groups in total. The number of para-hydroxylation sites is 2. The van der Waals surface area contributed by atoms with Crippen LogP contribution in [0.2, 0.25) is 0 Å². The standard InChI is InChI=1S/C24H27N5O3/c1-16-6-4-8-18-22(16)26-15-29(24(18)32)13-11-21(30)27-19-9-3-2-7-17(19)14-28-12-5-10-20(28)23(25)31/h2-4,6-9,15,20H,5,10-14H2,1H3,(H2,25,31)(H,27,30)/t20-/m1/s1. The molecule has 0 saturated carbocycles. The first-order valence-electron chi connectivity index (χ1n) is 10.8. The number of hydrogen-bond donors (Lipinski definition) is 2. The van der Waals surface area contributed by atoms with Crippen LogP contribution in [0.4, 0.5) is 5.69 Å². The number of amides is 2. The van der Waals surface area contributed by atoms with Crippen LogP contribution in [-0.2, 0) is 22.7 Å². The Balaban J connectivity index is 1.43. The number of nitrogens with zero attached hydrogens (tertiary/aromatic N) is 3. The van der Waals surface area contributed by atoms with E-state index in [0.29, 0.717) is 23.1 Å². The molecule has 0 radical (unpaired) electrons. The Hall–Kier alpha value is -3.52. The van der Waals surface area contributed by atoms with E-state index in [4.69, 9.17) is 5.73 Å². The van der Waals surface area contributed by atoms with Crippen LogP contribution in [0.3, 0.4) is 0 Å². The number of benzene rings is 2. The molecule has 1 aromatic heterocycles. The van der Waals surface area contributed by atoms with Gasteiger partial charge in [-0.1, -0.05) is 30.3 Å². The first-order valence-corrected chi connectivity index (χ1v) is 10.8. The van der Waals surface area contributed by atoms with Crippen LogP contribution in [0.5, 0.6) is 0 Å². The van der Waals surface area contributed by atoms with Crippen molar-refractivity contribution in [1.29, 1.82) is 0 Å². The number of nitrogens with one attached hydrogen (secondary N) is 1. The van der Waals surface area contributed by atoms with Crippen molar-refractivity contribution in [2.45, 2.75) is 45.3 Å². The monoisotopic (exact) mass is 433 g/mol. The van der Waals surface area contributed by atoms with Crippen molar-refractivity contribution < 1.29 is 9.59 Å². The van der Waals surface area contributed by atoms with Gasteiger partial charge in [-0.15, -0.1) is 0 Å². The summed E-state index contributed by atoms with van der Waals surface area (Å²) in [6.07, 6.45) is 3.32. The average Bonchev–Trinajstić information content (AvgIpc) is 3.24. The van der Waals surface area contributed by atoms with Gasteiger partial charge >= 0.3 is 0 Å². The van der Waals surface area contributed by atoms with Crippen LogP contribution in [-0.4, -0.2) is 38.9 Å². The predicted molar refractivity (Wildman–Crippen MR) is 123 cm³/mol. The lowest BCUT2D eigenvalue weighted by Gasteiger charge is -2.23.